The highest BCUT2D eigenvalue weighted by Gasteiger charge is 2.46. The molecule has 0 bridgehead atoms. The van der Waals surface area contributed by atoms with Gasteiger partial charge in [0.25, 0.3) is 0 Å². The van der Waals surface area contributed by atoms with Crippen LogP contribution in [-0.2, 0) is 9.59 Å². The Hall–Kier alpha value is -1.10. The molecule has 3 atom stereocenters. The molecule has 0 spiro atoms. The number of carbonyl (C=O) groups is 2. The van der Waals surface area contributed by atoms with Crippen LogP contribution < -0.4 is 5.73 Å². The summed E-state index contributed by atoms with van der Waals surface area (Å²) in [6.45, 7) is 5.62. The zero-order valence-corrected chi connectivity index (χ0v) is 10.1. The van der Waals surface area contributed by atoms with E-state index in [4.69, 9.17) is 5.73 Å². The van der Waals surface area contributed by atoms with E-state index in [2.05, 4.69) is 0 Å². The van der Waals surface area contributed by atoms with E-state index in [0.717, 1.165) is 6.42 Å². The van der Waals surface area contributed by atoms with Crippen LogP contribution in [0.15, 0.2) is 0 Å². The second-order valence-corrected chi connectivity index (χ2v) is 4.82. The Morgan fingerprint density at radius 2 is 2.00 bits per heavy atom. The van der Waals surface area contributed by atoms with E-state index in [1.54, 1.807) is 20.8 Å². The summed E-state index contributed by atoms with van der Waals surface area (Å²) in [5.41, 5.74) is 4.62. The van der Waals surface area contributed by atoms with Gasteiger partial charge in [0.15, 0.2) is 0 Å². The number of nitrogens with zero attached hydrogens (tertiary/aromatic N) is 1. The smallest absolute Gasteiger partial charge is 0.329 e. The molecule has 0 aliphatic carbocycles. The van der Waals surface area contributed by atoms with Gasteiger partial charge in [0.05, 0.1) is 5.92 Å². The van der Waals surface area contributed by atoms with Gasteiger partial charge in [-0.05, 0) is 26.7 Å². The van der Waals surface area contributed by atoms with E-state index < -0.39 is 11.5 Å². The van der Waals surface area contributed by atoms with Crippen LogP contribution in [0.2, 0.25) is 0 Å². The lowest BCUT2D eigenvalue weighted by Crippen LogP contribution is -2.54. The highest BCUT2D eigenvalue weighted by atomic mass is 16.4. The highest BCUT2D eigenvalue weighted by molar-refractivity contribution is 5.88. The number of carboxylic acids is 1. The van der Waals surface area contributed by atoms with E-state index in [9.17, 15) is 14.7 Å². The average Bonchev–Trinajstić information content (AvgIpc) is 2.59. The number of hydrogen-bond acceptors (Lipinski definition) is 3. The average molecular weight is 228 g/mol. The monoisotopic (exact) mass is 228 g/mol. The van der Waals surface area contributed by atoms with Gasteiger partial charge in [-0.2, -0.15) is 0 Å². The zero-order chi connectivity index (χ0) is 12.5. The summed E-state index contributed by atoms with van der Waals surface area (Å²) in [5.74, 6) is -1.43. The number of rotatable bonds is 3. The standard InChI is InChI=1S/C11H20N2O3/c1-7(8(2)12)9(14)13-6-4-5-11(13,3)10(15)16/h7-8H,4-6,12H2,1-3H3,(H,15,16). The summed E-state index contributed by atoms with van der Waals surface area (Å²) in [6, 6.07) is -0.258. The van der Waals surface area contributed by atoms with Crippen LogP contribution in [0, 0.1) is 5.92 Å². The molecular formula is C11H20N2O3. The number of nitrogens with two attached hydrogens (primary N) is 1. The van der Waals surface area contributed by atoms with Crippen LogP contribution in [-0.4, -0.2) is 40.0 Å². The van der Waals surface area contributed by atoms with E-state index in [-0.39, 0.29) is 17.9 Å². The first-order chi connectivity index (χ1) is 7.30. The normalized spacial score (nSPS) is 28.9. The third kappa shape index (κ3) is 2.04. The minimum atomic E-state index is -1.06. The summed E-state index contributed by atoms with van der Waals surface area (Å²) >= 11 is 0. The lowest BCUT2D eigenvalue weighted by Gasteiger charge is -2.34. The van der Waals surface area contributed by atoms with Gasteiger partial charge in [0.1, 0.15) is 5.54 Å². The van der Waals surface area contributed by atoms with E-state index in [1.807, 2.05) is 0 Å². The van der Waals surface area contributed by atoms with Crippen LogP contribution in [0.3, 0.4) is 0 Å². The molecule has 1 fully saturated rings. The fourth-order valence-electron chi connectivity index (χ4n) is 2.01. The fraction of sp³-hybridized carbons (Fsp3) is 0.818. The number of aliphatic carboxylic acids is 1. The Morgan fingerprint density at radius 3 is 2.44 bits per heavy atom. The van der Waals surface area contributed by atoms with Crippen molar-refractivity contribution in [3.8, 4) is 0 Å². The Bertz CT molecular complexity index is 304. The number of carboxylic acid groups (broad SMARTS) is 1. The van der Waals surface area contributed by atoms with Gasteiger partial charge in [0, 0.05) is 12.6 Å². The topological polar surface area (TPSA) is 83.6 Å². The molecule has 1 amide bonds. The molecule has 1 rings (SSSR count). The quantitative estimate of drug-likeness (QED) is 0.734. The first-order valence-corrected chi connectivity index (χ1v) is 5.61. The van der Waals surface area contributed by atoms with Crippen molar-refractivity contribution in [2.45, 2.75) is 45.2 Å². The zero-order valence-electron chi connectivity index (χ0n) is 10.1. The molecule has 0 aromatic heterocycles. The Morgan fingerprint density at radius 1 is 1.44 bits per heavy atom. The SMILES string of the molecule is CC(N)C(C)C(=O)N1CCCC1(C)C(=O)O. The van der Waals surface area contributed by atoms with Crippen molar-refractivity contribution in [2.75, 3.05) is 6.54 Å². The Labute approximate surface area is 95.6 Å². The Balaban J connectivity index is 2.88. The molecule has 5 nitrogen and oxygen atoms in total. The van der Waals surface area contributed by atoms with Crippen molar-refractivity contribution in [3.63, 3.8) is 0 Å². The van der Waals surface area contributed by atoms with Gasteiger partial charge < -0.3 is 15.7 Å². The van der Waals surface area contributed by atoms with Crippen molar-refractivity contribution in [1.29, 1.82) is 0 Å². The Kier molecular flexibility index (Phi) is 3.57. The molecule has 0 saturated carbocycles. The van der Waals surface area contributed by atoms with Crippen LogP contribution in [0.1, 0.15) is 33.6 Å². The molecule has 0 radical (unpaired) electrons. The maximum Gasteiger partial charge on any atom is 0.329 e. The molecule has 3 N–H and O–H groups in total. The largest absolute Gasteiger partial charge is 0.480 e. The van der Waals surface area contributed by atoms with Crippen molar-refractivity contribution < 1.29 is 14.7 Å². The summed E-state index contributed by atoms with van der Waals surface area (Å²) < 4.78 is 0. The van der Waals surface area contributed by atoms with E-state index >= 15 is 0 Å². The van der Waals surface area contributed by atoms with Gasteiger partial charge in [-0.3, -0.25) is 4.79 Å². The molecule has 1 aliphatic rings. The summed E-state index contributed by atoms with van der Waals surface area (Å²) in [6.07, 6.45) is 1.25. The minimum Gasteiger partial charge on any atom is -0.480 e. The highest BCUT2D eigenvalue weighted by Crippen LogP contribution is 2.30. The third-order valence-electron chi connectivity index (χ3n) is 3.55. The van der Waals surface area contributed by atoms with Crippen molar-refractivity contribution in [2.24, 2.45) is 11.7 Å². The van der Waals surface area contributed by atoms with Gasteiger partial charge in [0.2, 0.25) is 5.91 Å². The lowest BCUT2D eigenvalue weighted by molar-refractivity contribution is -0.157. The van der Waals surface area contributed by atoms with E-state index in [1.165, 1.54) is 4.90 Å². The number of hydrogen-bond donors (Lipinski definition) is 2. The van der Waals surface area contributed by atoms with Crippen molar-refractivity contribution >= 4 is 11.9 Å². The maximum atomic E-state index is 12.1. The van der Waals surface area contributed by atoms with Crippen molar-refractivity contribution in [1.82, 2.24) is 4.90 Å². The third-order valence-corrected chi connectivity index (χ3v) is 3.55. The minimum absolute atomic E-state index is 0.155. The summed E-state index contributed by atoms with van der Waals surface area (Å²) in [4.78, 5) is 24.8. The molecule has 5 heteroatoms. The molecule has 0 aromatic carbocycles. The first kappa shape index (κ1) is 13.0. The molecule has 3 unspecified atom stereocenters. The van der Waals surface area contributed by atoms with Crippen LogP contribution in [0.5, 0.6) is 0 Å². The first-order valence-electron chi connectivity index (χ1n) is 5.61. The molecule has 1 heterocycles. The van der Waals surface area contributed by atoms with Crippen LogP contribution in [0.25, 0.3) is 0 Å². The maximum absolute atomic E-state index is 12.1. The molecule has 16 heavy (non-hydrogen) atoms. The summed E-state index contributed by atoms with van der Waals surface area (Å²) in [5, 5.41) is 9.19. The van der Waals surface area contributed by atoms with Crippen LogP contribution in [0.4, 0.5) is 0 Å². The molecule has 1 aliphatic heterocycles. The lowest BCUT2D eigenvalue weighted by atomic mass is 9.96. The molecule has 0 aromatic rings. The molecular weight excluding hydrogens is 208 g/mol. The van der Waals surface area contributed by atoms with Crippen LogP contribution >= 0.6 is 0 Å². The number of likely N-dealkylation sites (tertiary alicyclic amines) is 1. The molecule has 1 saturated heterocycles. The van der Waals surface area contributed by atoms with Crippen molar-refractivity contribution in [3.05, 3.63) is 0 Å². The van der Waals surface area contributed by atoms with Gasteiger partial charge in [-0.15, -0.1) is 0 Å². The number of amides is 1. The predicted octanol–water partition coefficient (Wildman–Crippen LogP) is 0.435. The fourth-order valence-corrected chi connectivity index (χ4v) is 2.01. The van der Waals surface area contributed by atoms with Gasteiger partial charge in [-0.1, -0.05) is 6.92 Å². The number of carbonyl (C=O) groups excluding carboxylic acids is 1. The van der Waals surface area contributed by atoms with E-state index in [0.29, 0.717) is 13.0 Å². The second-order valence-electron chi connectivity index (χ2n) is 4.82. The molecule has 92 valence electrons. The van der Waals surface area contributed by atoms with Gasteiger partial charge >= 0.3 is 5.97 Å². The summed E-state index contributed by atoms with van der Waals surface area (Å²) in [7, 11) is 0. The second kappa shape index (κ2) is 4.41. The van der Waals surface area contributed by atoms with Gasteiger partial charge in [-0.25, -0.2) is 4.79 Å². The predicted molar refractivity (Wildman–Crippen MR) is 59.8 cm³/mol.